The van der Waals surface area contributed by atoms with Crippen LogP contribution in [0.1, 0.15) is 43.0 Å². The van der Waals surface area contributed by atoms with Gasteiger partial charge >= 0.3 is 0 Å². The molecule has 9 nitrogen and oxygen atoms in total. The summed E-state index contributed by atoms with van der Waals surface area (Å²) in [5, 5.41) is 11.5. The molecule has 0 saturated carbocycles. The summed E-state index contributed by atoms with van der Waals surface area (Å²) in [5.41, 5.74) is 4.07. The summed E-state index contributed by atoms with van der Waals surface area (Å²) >= 11 is 0. The Morgan fingerprint density at radius 2 is 1.70 bits per heavy atom. The summed E-state index contributed by atoms with van der Waals surface area (Å²) in [6, 6.07) is 19.8. The number of carbonyl (C=O) groups excluding carboxylic acids is 2. The average molecular weight is 544 g/mol. The highest BCUT2D eigenvalue weighted by Gasteiger charge is 2.33. The van der Waals surface area contributed by atoms with E-state index in [2.05, 4.69) is 29.5 Å². The van der Waals surface area contributed by atoms with Crippen molar-refractivity contribution >= 4 is 22.8 Å². The van der Waals surface area contributed by atoms with E-state index in [1.54, 1.807) is 42.0 Å². The molecule has 4 rings (SSSR count). The molecule has 0 spiro atoms. The van der Waals surface area contributed by atoms with Crippen LogP contribution in [0.4, 0.5) is 0 Å². The van der Waals surface area contributed by atoms with Crippen LogP contribution in [0.25, 0.3) is 11.0 Å². The summed E-state index contributed by atoms with van der Waals surface area (Å²) in [4.78, 5) is 29.6. The van der Waals surface area contributed by atoms with Crippen molar-refractivity contribution in [3.8, 4) is 11.5 Å². The average Bonchev–Trinajstić information content (AvgIpc) is 3.36. The monoisotopic (exact) mass is 543 g/mol. The van der Waals surface area contributed by atoms with Gasteiger partial charge in [-0.05, 0) is 54.7 Å². The van der Waals surface area contributed by atoms with Gasteiger partial charge in [0.25, 0.3) is 0 Å². The second kappa shape index (κ2) is 13.1. The van der Waals surface area contributed by atoms with Gasteiger partial charge in [0.1, 0.15) is 18.1 Å². The van der Waals surface area contributed by atoms with Crippen molar-refractivity contribution < 1.29 is 19.1 Å². The molecule has 0 radical (unpaired) electrons. The molecule has 2 amide bonds. The first kappa shape index (κ1) is 28.6. The zero-order chi connectivity index (χ0) is 28.6. The Morgan fingerprint density at radius 1 is 0.975 bits per heavy atom. The highest BCUT2D eigenvalue weighted by Crippen LogP contribution is 2.33. The van der Waals surface area contributed by atoms with Crippen LogP contribution in [-0.4, -0.2) is 52.5 Å². The minimum atomic E-state index is -0.921. The second-order valence-corrected chi connectivity index (χ2v) is 10.2. The molecule has 0 bridgehead atoms. The van der Waals surface area contributed by atoms with Crippen LogP contribution in [0.5, 0.6) is 11.5 Å². The molecule has 0 fully saturated rings. The van der Waals surface area contributed by atoms with Crippen molar-refractivity contribution in [2.24, 2.45) is 5.92 Å². The predicted molar refractivity (Wildman–Crippen MR) is 154 cm³/mol. The Morgan fingerprint density at radius 3 is 2.40 bits per heavy atom. The van der Waals surface area contributed by atoms with Crippen molar-refractivity contribution in [2.45, 2.75) is 46.3 Å². The van der Waals surface area contributed by atoms with Gasteiger partial charge in [-0.2, -0.15) is 0 Å². The van der Waals surface area contributed by atoms with E-state index in [1.807, 2.05) is 55.5 Å². The molecule has 1 N–H and O–H groups in total. The number of methoxy groups -OCH3 is 2. The maximum atomic E-state index is 14.1. The van der Waals surface area contributed by atoms with E-state index in [4.69, 9.17) is 9.47 Å². The van der Waals surface area contributed by atoms with Crippen molar-refractivity contribution in [1.82, 2.24) is 25.2 Å². The zero-order valence-electron chi connectivity index (χ0n) is 23.8. The van der Waals surface area contributed by atoms with Crippen LogP contribution >= 0.6 is 0 Å². The quantitative estimate of drug-likeness (QED) is 0.278. The molecule has 0 saturated heterocycles. The van der Waals surface area contributed by atoms with E-state index < -0.39 is 6.04 Å². The summed E-state index contributed by atoms with van der Waals surface area (Å²) in [6.07, 6.45) is 0.821. The van der Waals surface area contributed by atoms with E-state index in [-0.39, 0.29) is 24.9 Å². The van der Waals surface area contributed by atoms with Crippen LogP contribution < -0.4 is 14.8 Å². The summed E-state index contributed by atoms with van der Waals surface area (Å²) in [6.45, 7) is 6.87. The van der Waals surface area contributed by atoms with E-state index in [0.29, 0.717) is 35.0 Å². The number of benzene rings is 3. The predicted octanol–water partition coefficient (Wildman–Crippen LogP) is 4.69. The molecule has 0 aliphatic carbocycles. The molecule has 1 aromatic heterocycles. The molecule has 1 atom stereocenters. The SMILES string of the molecule is COc1ccc(C(C(=O)NCCC(C)C)N(Cc2ccc(C)cc2)C(=O)Cn2nnc3ccccc32)cc1OC. The number of aromatic nitrogens is 3. The Balaban J connectivity index is 1.76. The number of hydrogen-bond acceptors (Lipinski definition) is 6. The fourth-order valence-electron chi connectivity index (χ4n) is 4.54. The molecule has 210 valence electrons. The number of aryl methyl sites for hydroxylation is 1. The van der Waals surface area contributed by atoms with Crippen LogP contribution in [0.2, 0.25) is 0 Å². The highest BCUT2D eigenvalue weighted by atomic mass is 16.5. The summed E-state index contributed by atoms with van der Waals surface area (Å²) < 4.78 is 12.5. The molecule has 1 unspecified atom stereocenters. The van der Waals surface area contributed by atoms with Gasteiger partial charge < -0.3 is 19.7 Å². The van der Waals surface area contributed by atoms with E-state index in [1.165, 1.54) is 0 Å². The lowest BCUT2D eigenvalue weighted by molar-refractivity contribution is -0.142. The molecule has 4 aromatic rings. The van der Waals surface area contributed by atoms with Gasteiger partial charge in [0.15, 0.2) is 11.5 Å². The number of rotatable bonds is 12. The van der Waals surface area contributed by atoms with E-state index in [9.17, 15) is 9.59 Å². The third kappa shape index (κ3) is 6.77. The molecular weight excluding hydrogens is 506 g/mol. The Bertz CT molecular complexity index is 1450. The minimum absolute atomic E-state index is 0.0740. The van der Waals surface area contributed by atoms with Crippen LogP contribution in [0.3, 0.4) is 0 Å². The summed E-state index contributed by atoms with van der Waals surface area (Å²) in [5.74, 6) is 0.901. The normalized spacial score (nSPS) is 11.8. The van der Waals surface area contributed by atoms with Crippen molar-refractivity contribution in [2.75, 3.05) is 20.8 Å². The highest BCUT2D eigenvalue weighted by molar-refractivity contribution is 5.89. The Hall–Kier alpha value is -4.40. The van der Waals surface area contributed by atoms with Gasteiger partial charge in [-0.15, -0.1) is 5.10 Å². The maximum absolute atomic E-state index is 14.1. The van der Waals surface area contributed by atoms with Crippen LogP contribution in [0, 0.1) is 12.8 Å². The molecule has 1 heterocycles. The number of nitrogens with zero attached hydrogens (tertiary/aromatic N) is 4. The Labute approximate surface area is 235 Å². The lowest BCUT2D eigenvalue weighted by Gasteiger charge is -2.32. The van der Waals surface area contributed by atoms with Crippen molar-refractivity contribution in [3.05, 3.63) is 83.4 Å². The van der Waals surface area contributed by atoms with Gasteiger partial charge in [-0.3, -0.25) is 9.59 Å². The summed E-state index contributed by atoms with van der Waals surface area (Å²) in [7, 11) is 3.10. The fourth-order valence-corrected chi connectivity index (χ4v) is 4.54. The molecular formula is C31H37N5O4. The third-order valence-corrected chi connectivity index (χ3v) is 6.80. The Kier molecular flexibility index (Phi) is 9.37. The van der Waals surface area contributed by atoms with Crippen molar-refractivity contribution in [1.29, 1.82) is 0 Å². The molecule has 0 aliphatic rings. The zero-order valence-corrected chi connectivity index (χ0v) is 23.8. The minimum Gasteiger partial charge on any atom is -0.493 e. The standard InChI is InChI=1S/C31H37N5O4/c1-21(2)16-17-32-31(38)30(24-14-15-27(39-4)28(18-24)40-5)35(19-23-12-10-22(3)11-13-23)29(37)20-36-26-9-7-6-8-25(26)33-34-36/h6-15,18,21,30H,16-17,19-20H2,1-5H3,(H,32,38). The number of fused-ring (bicyclic) bond motifs is 1. The number of amides is 2. The lowest BCUT2D eigenvalue weighted by atomic mass is 10.0. The fraction of sp³-hybridized carbons (Fsp3) is 0.355. The number of nitrogens with one attached hydrogen (secondary N) is 1. The number of hydrogen-bond donors (Lipinski definition) is 1. The lowest BCUT2D eigenvalue weighted by Crippen LogP contribution is -2.45. The van der Waals surface area contributed by atoms with Gasteiger partial charge in [-0.25, -0.2) is 4.68 Å². The third-order valence-electron chi connectivity index (χ3n) is 6.80. The van der Waals surface area contributed by atoms with Gasteiger partial charge in [0, 0.05) is 13.1 Å². The largest absolute Gasteiger partial charge is 0.493 e. The van der Waals surface area contributed by atoms with E-state index in [0.717, 1.165) is 23.1 Å². The van der Waals surface area contributed by atoms with E-state index >= 15 is 0 Å². The van der Waals surface area contributed by atoms with Crippen LogP contribution in [-0.2, 0) is 22.7 Å². The number of ether oxygens (including phenoxy) is 2. The number of carbonyl (C=O) groups is 2. The van der Waals surface area contributed by atoms with Gasteiger partial charge in [0.05, 0.1) is 19.7 Å². The molecule has 0 aliphatic heterocycles. The van der Waals surface area contributed by atoms with Crippen LogP contribution in [0.15, 0.2) is 66.7 Å². The smallest absolute Gasteiger partial charge is 0.247 e. The first-order valence-electron chi connectivity index (χ1n) is 13.4. The van der Waals surface area contributed by atoms with Gasteiger partial charge in [0.2, 0.25) is 11.8 Å². The molecule has 40 heavy (non-hydrogen) atoms. The second-order valence-electron chi connectivity index (χ2n) is 10.2. The first-order chi connectivity index (χ1) is 19.3. The number of para-hydroxylation sites is 1. The maximum Gasteiger partial charge on any atom is 0.247 e. The molecule has 3 aromatic carbocycles. The topological polar surface area (TPSA) is 98.6 Å². The van der Waals surface area contributed by atoms with Crippen molar-refractivity contribution in [3.63, 3.8) is 0 Å². The first-order valence-corrected chi connectivity index (χ1v) is 13.4. The molecule has 9 heteroatoms. The van der Waals surface area contributed by atoms with Gasteiger partial charge in [-0.1, -0.05) is 67.1 Å².